The number of halogens is 1. The van der Waals surface area contributed by atoms with Crippen molar-refractivity contribution in [1.82, 2.24) is 9.97 Å². The van der Waals surface area contributed by atoms with Gasteiger partial charge in [-0.3, -0.25) is 0 Å². The Morgan fingerprint density at radius 2 is 2.00 bits per heavy atom. The van der Waals surface area contributed by atoms with Gasteiger partial charge in [0.05, 0.1) is 5.38 Å². The molecule has 1 aliphatic carbocycles. The Hall–Kier alpha value is -0.890. The topological polar surface area (TPSA) is 25.8 Å². The van der Waals surface area contributed by atoms with E-state index in [-0.39, 0.29) is 5.38 Å². The highest BCUT2D eigenvalue weighted by molar-refractivity contribution is 6.22. The smallest absolute Gasteiger partial charge is 0.115 e. The summed E-state index contributed by atoms with van der Waals surface area (Å²) in [5.74, 6) is 0. The van der Waals surface area contributed by atoms with Gasteiger partial charge in [0.2, 0.25) is 0 Å². The average molecular weight is 209 g/mol. The van der Waals surface area contributed by atoms with Gasteiger partial charge in [0.25, 0.3) is 0 Å². The van der Waals surface area contributed by atoms with Crippen molar-refractivity contribution >= 4 is 17.2 Å². The molecular weight excluding hydrogens is 196 g/mol. The minimum absolute atomic E-state index is 0.174. The summed E-state index contributed by atoms with van der Waals surface area (Å²) >= 11 is 6.15. The zero-order valence-corrected chi connectivity index (χ0v) is 8.74. The number of hydrogen-bond acceptors (Lipinski definition) is 2. The van der Waals surface area contributed by atoms with Crippen LogP contribution in [0.3, 0.4) is 0 Å². The van der Waals surface area contributed by atoms with Gasteiger partial charge in [-0.2, -0.15) is 0 Å². The molecule has 0 bridgehead atoms. The third-order valence-electron chi connectivity index (χ3n) is 2.49. The molecule has 0 saturated heterocycles. The standard InChI is InChI=1S/C11H13ClN2/c12-11-4-2-1-3-9(5-11)10-6-13-8-14-7-10/h5-8,11H,1-4H2. The minimum atomic E-state index is 0.174. The normalized spacial score (nSPS) is 22.6. The highest BCUT2D eigenvalue weighted by Crippen LogP contribution is 2.27. The van der Waals surface area contributed by atoms with E-state index < -0.39 is 0 Å². The number of alkyl halides is 1. The van der Waals surface area contributed by atoms with E-state index >= 15 is 0 Å². The second kappa shape index (κ2) is 4.56. The largest absolute Gasteiger partial charge is 0.244 e. The van der Waals surface area contributed by atoms with Crippen molar-refractivity contribution in [2.45, 2.75) is 31.1 Å². The summed E-state index contributed by atoms with van der Waals surface area (Å²) in [5.41, 5.74) is 2.41. The first-order valence-electron chi connectivity index (χ1n) is 4.96. The summed E-state index contributed by atoms with van der Waals surface area (Å²) in [4.78, 5) is 8.04. The monoisotopic (exact) mass is 208 g/mol. The predicted molar refractivity (Wildman–Crippen MR) is 58.1 cm³/mol. The summed E-state index contributed by atoms with van der Waals surface area (Å²) in [7, 11) is 0. The lowest BCUT2D eigenvalue weighted by Crippen LogP contribution is -1.92. The SMILES string of the molecule is ClC1C=C(c2cncnc2)CCCC1. The molecule has 0 aliphatic heterocycles. The van der Waals surface area contributed by atoms with Crippen LogP contribution in [-0.4, -0.2) is 15.3 Å². The molecule has 1 heterocycles. The third-order valence-corrected chi connectivity index (χ3v) is 2.83. The molecule has 0 saturated carbocycles. The maximum Gasteiger partial charge on any atom is 0.115 e. The first-order chi connectivity index (χ1) is 6.86. The molecule has 3 heteroatoms. The summed E-state index contributed by atoms with van der Waals surface area (Å²) in [6.45, 7) is 0. The molecule has 74 valence electrons. The van der Waals surface area contributed by atoms with Crippen molar-refractivity contribution in [2.24, 2.45) is 0 Å². The number of hydrogen-bond donors (Lipinski definition) is 0. The Kier molecular flexibility index (Phi) is 3.14. The van der Waals surface area contributed by atoms with Crippen molar-refractivity contribution in [3.05, 3.63) is 30.4 Å². The molecule has 2 nitrogen and oxygen atoms in total. The van der Waals surface area contributed by atoms with E-state index in [2.05, 4.69) is 16.0 Å². The Morgan fingerprint density at radius 1 is 1.21 bits per heavy atom. The number of aromatic nitrogens is 2. The van der Waals surface area contributed by atoms with Gasteiger partial charge in [-0.25, -0.2) is 9.97 Å². The summed E-state index contributed by atoms with van der Waals surface area (Å²) in [5, 5.41) is 0.174. The van der Waals surface area contributed by atoms with Gasteiger partial charge in [0.15, 0.2) is 0 Å². The second-order valence-corrected chi connectivity index (χ2v) is 4.14. The van der Waals surface area contributed by atoms with Crippen LogP contribution in [0.25, 0.3) is 5.57 Å². The zero-order chi connectivity index (χ0) is 9.80. The number of rotatable bonds is 1. The molecule has 0 aromatic carbocycles. The highest BCUT2D eigenvalue weighted by atomic mass is 35.5. The fraction of sp³-hybridized carbons (Fsp3) is 0.455. The van der Waals surface area contributed by atoms with Crippen LogP contribution in [0.5, 0.6) is 0 Å². The van der Waals surface area contributed by atoms with Gasteiger partial charge >= 0.3 is 0 Å². The van der Waals surface area contributed by atoms with Crippen molar-refractivity contribution in [1.29, 1.82) is 0 Å². The van der Waals surface area contributed by atoms with Gasteiger partial charge in [0, 0.05) is 18.0 Å². The maximum atomic E-state index is 6.15. The zero-order valence-electron chi connectivity index (χ0n) is 7.99. The van der Waals surface area contributed by atoms with E-state index in [0.717, 1.165) is 18.4 Å². The van der Waals surface area contributed by atoms with Gasteiger partial charge < -0.3 is 0 Å². The van der Waals surface area contributed by atoms with E-state index in [1.54, 1.807) is 6.33 Å². The quantitative estimate of drug-likeness (QED) is 0.663. The van der Waals surface area contributed by atoms with E-state index in [0.29, 0.717) is 0 Å². The molecule has 0 amide bonds. The first-order valence-corrected chi connectivity index (χ1v) is 5.40. The number of nitrogens with zero attached hydrogens (tertiary/aromatic N) is 2. The molecule has 1 unspecified atom stereocenters. The fourth-order valence-corrected chi connectivity index (χ4v) is 2.05. The van der Waals surface area contributed by atoms with Gasteiger partial charge in [-0.15, -0.1) is 11.6 Å². The Balaban J connectivity index is 2.24. The van der Waals surface area contributed by atoms with E-state index in [4.69, 9.17) is 11.6 Å². The molecule has 1 aromatic heterocycles. The number of allylic oxidation sites excluding steroid dienone is 2. The lowest BCUT2D eigenvalue weighted by Gasteiger charge is -2.04. The molecule has 0 radical (unpaired) electrons. The summed E-state index contributed by atoms with van der Waals surface area (Å²) < 4.78 is 0. The van der Waals surface area contributed by atoms with Crippen LogP contribution in [0.2, 0.25) is 0 Å². The minimum Gasteiger partial charge on any atom is -0.244 e. The Bertz CT molecular complexity index is 321. The van der Waals surface area contributed by atoms with Crippen molar-refractivity contribution < 1.29 is 0 Å². The summed E-state index contributed by atoms with van der Waals surface area (Å²) in [6, 6.07) is 0. The van der Waals surface area contributed by atoms with Crippen molar-refractivity contribution in [2.75, 3.05) is 0 Å². The lowest BCUT2D eigenvalue weighted by molar-refractivity contribution is 0.724. The molecule has 14 heavy (non-hydrogen) atoms. The molecule has 1 atom stereocenters. The second-order valence-electron chi connectivity index (χ2n) is 3.58. The van der Waals surface area contributed by atoms with Gasteiger partial charge in [-0.1, -0.05) is 12.5 Å². The van der Waals surface area contributed by atoms with Crippen LogP contribution in [0, 0.1) is 0 Å². The van der Waals surface area contributed by atoms with Crippen LogP contribution in [-0.2, 0) is 0 Å². The van der Waals surface area contributed by atoms with E-state index in [1.807, 2.05) is 12.4 Å². The Morgan fingerprint density at radius 3 is 2.79 bits per heavy atom. The van der Waals surface area contributed by atoms with Crippen LogP contribution in [0.1, 0.15) is 31.2 Å². The molecule has 0 spiro atoms. The molecule has 1 aromatic rings. The maximum absolute atomic E-state index is 6.15. The van der Waals surface area contributed by atoms with E-state index in [1.165, 1.54) is 18.4 Å². The summed E-state index contributed by atoms with van der Waals surface area (Å²) in [6.07, 6.45) is 12.0. The molecule has 1 aliphatic rings. The fourth-order valence-electron chi connectivity index (χ4n) is 1.75. The third kappa shape index (κ3) is 2.32. The van der Waals surface area contributed by atoms with Gasteiger partial charge in [0.1, 0.15) is 6.33 Å². The highest BCUT2D eigenvalue weighted by Gasteiger charge is 2.10. The lowest BCUT2D eigenvalue weighted by atomic mass is 10.0. The Labute approximate surface area is 89.0 Å². The van der Waals surface area contributed by atoms with Crippen LogP contribution in [0.15, 0.2) is 24.8 Å². The van der Waals surface area contributed by atoms with Crippen LogP contribution < -0.4 is 0 Å². The van der Waals surface area contributed by atoms with E-state index in [9.17, 15) is 0 Å². The molecule has 0 fully saturated rings. The first kappa shape index (κ1) is 9.66. The molecular formula is C11H13ClN2. The molecule has 2 rings (SSSR count). The van der Waals surface area contributed by atoms with Crippen molar-refractivity contribution in [3.8, 4) is 0 Å². The van der Waals surface area contributed by atoms with Gasteiger partial charge in [-0.05, 0) is 24.8 Å². The van der Waals surface area contributed by atoms with Crippen LogP contribution >= 0.6 is 11.6 Å². The predicted octanol–water partition coefficient (Wildman–Crippen LogP) is 3.04. The average Bonchev–Trinajstić information content (AvgIpc) is 2.44. The molecule has 0 N–H and O–H groups in total. The van der Waals surface area contributed by atoms with Crippen molar-refractivity contribution in [3.63, 3.8) is 0 Å². The van der Waals surface area contributed by atoms with Crippen LogP contribution in [0.4, 0.5) is 0 Å².